The maximum atomic E-state index is 5.42. The number of nitrogens with one attached hydrogen (secondary N) is 2. The van der Waals surface area contributed by atoms with Crippen molar-refractivity contribution >= 4 is 11.6 Å². The van der Waals surface area contributed by atoms with Crippen LogP contribution < -0.4 is 10.6 Å². The van der Waals surface area contributed by atoms with Gasteiger partial charge in [-0.2, -0.15) is 0 Å². The van der Waals surface area contributed by atoms with Gasteiger partial charge < -0.3 is 20.1 Å². The van der Waals surface area contributed by atoms with E-state index in [1.165, 1.54) is 0 Å². The van der Waals surface area contributed by atoms with Gasteiger partial charge in [0.1, 0.15) is 17.5 Å². The molecule has 0 atom stereocenters. The lowest BCUT2D eigenvalue weighted by Crippen LogP contribution is -2.12. The highest BCUT2D eigenvalue weighted by Gasteiger charge is 2.08. The van der Waals surface area contributed by atoms with Gasteiger partial charge in [-0.3, -0.25) is 0 Å². The Kier molecular flexibility index (Phi) is 7.91. The minimum absolute atomic E-state index is 0.643. The average molecular weight is 282 g/mol. The van der Waals surface area contributed by atoms with Crippen LogP contribution in [0.3, 0.4) is 0 Å². The SMILES string of the molecule is CCc1nc(NC)c(C)c(NCCCOCCOC)n1. The van der Waals surface area contributed by atoms with Crippen LogP contribution >= 0.6 is 0 Å². The van der Waals surface area contributed by atoms with Gasteiger partial charge in [0.15, 0.2) is 0 Å². The molecule has 1 aromatic heterocycles. The van der Waals surface area contributed by atoms with Crippen molar-refractivity contribution < 1.29 is 9.47 Å². The van der Waals surface area contributed by atoms with Gasteiger partial charge in [0.25, 0.3) is 0 Å². The van der Waals surface area contributed by atoms with Crippen LogP contribution in [-0.2, 0) is 15.9 Å². The Balaban J connectivity index is 2.43. The van der Waals surface area contributed by atoms with Crippen LogP contribution in [0.2, 0.25) is 0 Å². The molecule has 0 saturated carbocycles. The number of aryl methyl sites for hydroxylation is 1. The zero-order valence-electron chi connectivity index (χ0n) is 13.0. The minimum Gasteiger partial charge on any atom is -0.382 e. The fourth-order valence-corrected chi connectivity index (χ4v) is 1.76. The fourth-order valence-electron chi connectivity index (χ4n) is 1.76. The van der Waals surface area contributed by atoms with Gasteiger partial charge in [0, 0.05) is 39.3 Å². The van der Waals surface area contributed by atoms with Crippen LogP contribution in [0.25, 0.3) is 0 Å². The molecule has 0 aliphatic carbocycles. The lowest BCUT2D eigenvalue weighted by atomic mass is 10.3. The summed E-state index contributed by atoms with van der Waals surface area (Å²) < 4.78 is 10.3. The van der Waals surface area contributed by atoms with Crippen LogP contribution in [-0.4, -0.2) is 50.5 Å². The molecule has 0 aliphatic heterocycles. The summed E-state index contributed by atoms with van der Waals surface area (Å²) in [4.78, 5) is 8.97. The number of rotatable bonds is 10. The van der Waals surface area contributed by atoms with Gasteiger partial charge >= 0.3 is 0 Å². The van der Waals surface area contributed by atoms with Crippen molar-refractivity contribution in [1.29, 1.82) is 0 Å². The van der Waals surface area contributed by atoms with Crippen LogP contribution in [0, 0.1) is 6.92 Å². The highest BCUT2D eigenvalue weighted by atomic mass is 16.5. The van der Waals surface area contributed by atoms with Crippen LogP contribution in [0.1, 0.15) is 24.7 Å². The zero-order valence-corrected chi connectivity index (χ0v) is 13.0. The van der Waals surface area contributed by atoms with Crippen molar-refractivity contribution in [2.75, 3.05) is 51.2 Å². The Hall–Kier alpha value is -1.40. The summed E-state index contributed by atoms with van der Waals surface area (Å²) >= 11 is 0. The van der Waals surface area contributed by atoms with E-state index in [1.54, 1.807) is 7.11 Å². The Morgan fingerprint density at radius 2 is 1.85 bits per heavy atom. The predicted molar refractivity (Wildman–Crippen MR) is 81.5 cm³/mol. The number of ether oxygens (including phenoxy) is 2. The molecule has 6 heteroatoms. The van der Waals surface area contributed by atoms with E-state index < -0.39 is 0 Å². The maximum Gasteiger partial charge on any atom is 0.134 e. The number of methoxy groups -OCH3 is 1. The largest absolute Gasteiger partial charge is 0.382 e. The number of aromatic nitrogens is 2. The molecule has 0 radical (unpaired) electrons. The molecular formula is C14H26N4O2. The molecule has 0 fully saturated rings. The summed E-state index contributed by atoms with van der Waals surface area (Å²) in [5.74, 6) is 2.63. The van der Waals surface area contributed by atoms with Crippen LogP contribution in [0.15, 0.2) is 0 Å². The second-order valence-electron chi connectivity index (χ2n) is 4.45. The van der Waals surface area contributed by atoms with Crippen molar-refractivity contribution in [3.05, 3.63) is 11.4 Å². The van der Waals surface area contributed by atoms with E-state index >= 15 is 0 Å². The monoisotopic (exact) mass is 282 g/mol. The normalized spacial score (nSPS) is 10.6. The molecule has 114 valence electrons. The maximum absolute atomic E-state index is 5.42. The molecule has 0 unspecified atom stereocenters. The number of hydrogen-bond donors (Lipinski definition) is 2. The van der Waals surface area contributed by atoms with Crippen molar-refractivity contribution in [3.8, 4) is 0 Å². The minimum atomic E-state index is 0.643. The molecule has 0 saturated heterocycles. The second-order valence-corrected chi connectivity index (χ2v) is 4.45. The summed E-state index contributed by atoms with van der Waals surface area (Å²) in [5, 5.41) is 6.46. The van der Waals surface area contributed by atoms with Crippen molar-refractivity contribution in [2.24, 2.45) is 0 Å². The summed E-state index contributed by atoms with van der Waals surface area (Å²) in [5.41, 5.74) is 1.05. The highest BCUT2D eigenvalue weighted by molar-refractivity contribution is 5.56. The number of nitrogens with zero attached hydrogens (tertiary/aromatic N) is 2. The Labute approximate surface area is 121 Å². The third kappa shape index (κ3) is 5.30. The molecule has 1 aromatic rings. The molecule has 0 spiro atoms. The molecule has 20 heavy (non-hydrogen) atoms. The number of anilines is 2. The van der Waals surface area contributed by atoms with E-state index in [-0.39, 0.29) is 0 Å². The van der Waals surface area contributed by atoms with Gasteiger partial charge in [-0.1, -0.05) is 6.92 Å². The van der Waals surface area contributed by atoms with E-state index in [9.17, 15) is 0 Å². The molecule has 1 heterocycles. The Morgan fingerprint density at radius 1 is 1.10 bits per heavy atom. The lowest BCUT2D eigenvalue weighted by molar-refractivity contribution is 0.0705. The fraction of sp³-hybridized carbons (Fsp3) is 0.714. The summed E-state index contributed by atoms with van der Waals surface area (Å²) in [7, 11) is 3.55. The van der Waals surface area contributed by atoms with Gasteiger partial charge in [0.05, 0.1) is 13.2 Å². The summed E-state index contributed by atoms with van der Waals surface area (Å²) in [6, 6.07) is 0. The van der Waals surface area contributed by atoms with Crippen LogP contribution in [0.4, 0.5) is 11.6 Å². The molecule has 0 amide bonds. The average Bonchev–Trinajstić information content (AvgIpc) is 2.47. The molecule has 0 bridgehead atoms. The van der Waals surface area contributed by atoms with Gasteiger partial charge in [-0.05, 0) is 13.3 Å². The first kappa shape index (κ1) is 16.7. The second kappa shape index (κ2) is 9.50. The van der Waals surface area contributed by atoms with Gasteiger partial charge in [-0.15, -0.1) is 0 Å². The molecule has 1 rings (SSSR count). The quantitative estimate of drug-likeness (QED) is 0.638. The van der Waals surface area contributed by atoms with E-state index in [0.29, 0.717) is 13.2 Å². The van der Waals surface area contributed by atoms with Crippen molar-refractivity contribution in [2.45, 2.75) is 26.7 Å². The van der Waals surface area contributed by atoms with E-state index in [0.717, 1.165) is 49.0 Å². The third-order valence-electron chi connectivity index (χ3n) is 2.93. The Bertz CT molecular complexity index is 399. The molecule has 0 aromatic carbocycles. The van der Waals surface area contributed by atoms with Gasteiger partial charge in [-0.25, -0.2) is 9.97 Å². The van der Waals surface area contributed by atoms with E-state index in [1.807, 2.05) is 14.0 Å². The first-order valence-electron chi connectivity index (χ1n) is 7.08. The first-order valence-corrected chi connectivity index (χ1v) is 7.08. The molecular weight excluding hydrogens is 256 g/mol. The molecule has 6 nitrogen and oxygen atoms in total. The summed E-state index contributed by atoms with van der Waals surface area (Å²) in [6.45, 7) is 6.91. The van der Waals surface area contributed by atoms with Crippen molar-refractivity contribution in [3.63, 3.8) is 0 Å². The van der Waals surface area contributed by atoms with Crippen molar-refractivity contribution in [1.82, 2.24) is 9.97 Å². The van der Waals surface area contributed by atoms with E-state index in [2.05, 4.69) is 27.5 Å². The first-order chi connectivity index (χ1) is 9.72. The third-order valence-corrected chi connectivity index (χ3v) is 2.93. The number of hydrogen-bond acceptors (Lipinski definition) is 6. The lowest BCUT2D eigenvalue weighted by Gasteiger charge is -2.13. The molecule has 2 N–H and O–H groups in total. The zero-order chi connectivity index (χ0) is 14.8. The molecule has 0 aliphatic rings. The standard InChI is InChI=1S/C14H26N4O2/c1-5-12-17-13(15-3)11(2)14(18-12)16-7-6-8-20-10-9-19-4/h5-10H2,1-4H3,(H2,15,16,17,18). The van der Waals surface area contributed by atoms with Gasteiger partial charge in [0.2, 0.25) is 0 Å². The highest BCUT2D eigenvalue weighted by Crippen LogP contribution is 2.19. The Morgan fingerprint density at radius 3 is 2.50 bits per heavy atom. The predicted octanol–water partition coefficient (Wildman–Crippen LogP) is 1.85. The van der Waals surface area contributed by atoms with E-state index in [4.69, 9.17) is 9.47 Å². The summed E-state index contributed by atoms with van der Waals surface area (Å²) in [6.07, 6.45) is 1.76. The topological polar surface area (TPSA) is 68.3 Å². The smallest absolute Gasteiger partial charge is 0.134 e. The van der Waals surface area contributed by atoms with Crippen LogP contribution in [0.5, 0.6) is 0 Å².